The van der Waals surface area contributed by atoms with Crippen molar-refractivity contribution < 1.29 is 4.74 Å². The highest BCUT2D eigenvalue weighted by Crippen LogP contribution is 2.28. The molecule has 0 heterocycles. The fraction of sp³-hybridized carbons (Fsp3) is 0.250. The summed E-state index contributed by atoms with van der Waals surface area (Å²) in [5, 5.41) is 0. The lowest BCUT2D eigenvalue weighted by Gasteiger charge is -2.14. The summed E-state index contributed by atoms with van der Waals surface area (Å²) in [7, 11) is 0. The average molecular weight is 320 g/mol. The number of ether oxygens (including phenoxy) is 1. The van der Waals surface area contributed by atoms with Crippen molar-refractivity contribution in [3.05, 3.63) is 63.6 Å². The first-order chi connectivity index (χ1) is 9.06. The summed E-state index contributed by atoms with van der Waals surface area (Å²) in [6, 6.07) is 14.2. The molecule has 100 valence electrons. The molecule has 0 saturated carbocycles. The lowest BCUT2D eigenvalue weighted by molar-refractivity contribution is 0.301. The average Bonchev–Trinajstić information content (AvgIpc) is 2.37. The summed E-state index contributed by atoms with van der Waals surface area (Å²) in [4.78, 5) is 0. The first-order valence-corrected chi connectivity index (χ1v) is 7.09. The molecule has 0 aliphatic heterocycles. The van der Waals surface area contributed by atoms with Gasteiger partial charge in [-0.25, -0.2) is 0 Å². The molecule has 0 saturated heterocycles. The zero-order chi connectivity index (χ0) is 13.8. The molecule has 0 fully saturated rings. The van der Waals surface area contributed by atoms with Gasteiger partial charge in [-0.3, -0.25) is 0 Å². The van der Waals surface area contributed by atoms with E-state index >= 15 is 0 Å². The van der Waals surface area contributed by atoms with Gasteiger partial charge in [-0.1, -0.05) is 45.8 Å². The van der Waals surface area contributed by atoms with E-state index in [0.29, 0.717) is 6.61 Å². The van der Waals surface area contributed by atoms with Crippen LogP contribution in [0, 0.1) is 6.92 Å². The van der Waals surface area contributed by atoms with Crippen LogP contribution in [0.3, 0.4) is 0 Å². The third-order valence-corrected chi connectivity index (χ3v) is 3.43. The van der Waals surface area contributed by atoms with Crippen LogP contribution in [0.5, 0.6) is 5.75 Å². The predicted octanol–water partition coefficient (Wildman–Crippen LogP) is 4.36. The van der Waals surface area contributed by atoms with Crippen molar-refractivity contribution in [2.45, 2.75) is 26.5 Å². The van der Waals surface area contributed by atoms with Crippen molar-refractivity contribution in [2.75, 3.05) is 0 Å². The van der Waals surface area contributed by atoms with Crippen LogP contribution in [0.15, 0.2) is 46.9 Å². The Balaban J connectivity index is 2.15. The Morgan fingerprint density at radius 2 is 2.00 bits per heavy atom. The van der Waals surface area contributed by atoms with E-state index in [-0.39, 0.29) is 6.04 Å². The van der Waals surface area contributed by atoms with Crippen LogP contribution in [0.1, 0.15) is 29.7 Å². The van der Waals surface area contributed by atoms with E-state index in [1.165, 1.54) is 11.1 Å². The van der Waals surface area contributed by atoms with Crippen molar-refractivity contribution >= 4 is 15.9 Å². The van der Waals surface area contributed by atoms with Crippen molar-refractivity contribution in [1.29, 1.82) is 0 Å². The largest absolute Gasteiger partial charge is 0.489 e. The maximum atomic E-state index is 5.98. The maximum Gasteiger partial charge on any atom is 0.124 e. The lowest BCUT2D eigenvalue weighted by atomic mass is 10.1. The summed E-state index contributed by atoms with van der Waals surface area (Å²) in [5.74, 6) is 0.847. The van der Waals surface area contributed by atoms with Crippen LogP contribution in [-0.2, 0) is 6.61 Å². The molecule has 2 rings (SSSR count). The summed E-state index contributed by atoms with van der Waals surface area (Å²) in [6.45, 7) is 4.60. The molecule has 0 aromatic heterocycles. The van der Waals surface area contributed by atoms with Crippen molar-refractivity contribution in [1.82, 2.24) is 0 Å². The highest BCUT2D eigenvalue weighted by Gasteiger charge is 2.09. The van der Waals surface area contributed by atoms with E-state index in [1.54, 1.807) is 0 Å². The molecule has 2 nitrogen and oxygen atoms in total. The summed E-state index contributed by atoms with van der Waals surface area (Å²) >= 11 is 3.46. The van der Waals surface area contributed by atoms with Gasteiger partial charge in [0.2, 0.25) is 0 Å². The fourth-order valence-electron chi connectivity index (χ4n) is 1.97. The maximum absolute atomic E-state index is 5.98. The zero-order valence-corrected chi connectivity index (χ0v) is 12.8. The summed E-state index contributed by atoms with van der Waals surface area (Å²) in [6.07, 6.45) is 0. The van der Waals surface area contributed by atoms with Gasteiger partial charge in [0.15, 0.2) is 0 Å². The molecule has 0 aliphatic carbocycles. The van der Waals surface area contributed by atoms with E-state index < -0.39 is 0 Å². The van der Waals surface area contributed by atoms with Gasteiger partial charge < -0.3 is 10.5 Å². The normalized spacial score (nSPS) is 12.2. The van der Waals surface area contributed by atoms with Gasteiger partial charge in [0.25, 0.3) is 0 Å². The minimum atomic E-state index is -0.0509. The highest BCUT2D eigenvalue weighted by atomic mass is 79.9. The monoisotopic (exact) mass is 319 g/mol. The molecule has 2 aromatic rings. The summed E-state index contributed by atoms with van der Waals surface area (Å²) < 4.78 is 6.91. The minimum absolute atomic E-state index is 0.0509. The molecule has 0 bridgehead atoms. The van der Waals surface area contributed by atoms with Gasteiger partial charge in [-0.05, 0) is 37.6 Å². The van der Waals surface area contributed by atoms with Crippen LogP contribution < -0.4 is 10.5 Å². The third kappa shape index (κ3) is 3.82. The smallest absolute Gasteiger partial charge is 0.124 e. The molecule has 3 heteroatoms. The van der Waals surface area contributed by atoms with E-state index in [4.69, 9.17) is 10.5 Å². The van der Waals surface area contributed by atoms with Crippen LogP contribution in [0.4, 0.5) is 0 Å². The number of aryl methyl sites for hydroxylation is 1. The Labute approximate surface area is 122 Å². The molecule has 2 N–H and O–H groups in total. The van der Waals surface area contributed by atoms with Gasteiger partial charge in [0, 0.05) is 16.1 Å². The molecule has 0 radical (unpaired) electrons. The Kier molecular flexibility index (Phi) is 4.61. The molecule has 19 heavy (non-hydrogen) atoms. The predicted molar refractivity (Wildman–Crippen MR) is 82.3 cm³/mol. The van der Waals surface area contributed by atoms with Crippen molar-refractivity contribution in [3.63, 3.8) is 0 Å². The molecule has 1 atom stereocenters. The van der Waals surface area contributed by atoms with Crippen LogP contribution in [-0.4, -0.2) is 0 Å². The lowest BCUT2D eigenvalue weighted by Crippen LogP contribution is -2.08. The van der Waals surface area contributed by atoms with Gasteiger partial charge in [0.1, 0.15) is 12.4 Å². The molecular weight excluding hydrogens is 302 g/mol. The van der Waals surface area contributed by atoms with Gasteiger partial charge in [0.05, 0.1) is 0 Å². The van der Waals surface area contributed by atoms with E-state index in [0.717, 1.165) is 15.8 Å². The van der Waals surface area contributed by atoms with E-state index in [1.807, 2.05) is 31.2 Å². The SMILES string of the molecule is Cc1cccc(COc2ccc(Br)cc2C(C)N)c1. The van der Waals surface area contributed by atoms with Crippen LogP contribution in [0.2, 0.25) is 0 Å². The highest BCUT2D eigenvalue weighted by molar-refractivity contribution is 9.10. The second-order valence-corrected chi connectivity index (χ2v) is 5.66. The molecule has 0 spiro atoms. The van der Waals surface area contributed by atoms with Gasteiger partial charge >= 0.3 is 0 Å². The Hall–Kier alpha value is -1.32. The summed E-state index contributed by atoms with van der Waals surface area (Å²) in [5.41, 5.74) is 9.40. The van der Waals surface area contributed by atoms with Gasteiger partial charge in [-0.15, -0.1) is 0 Å². The first kappa shape index (κ1) is 14.1. The minimum Gasteiger partial charge on any atom is -0.489 e. The molecule has 0 amide bonds. The number of hydrogen-bond acceptors (Lipinski definition) is 2. The molecule has 0 aliphatic rings. The quantitative estimate of drug-likeness (QED) is 0.908. The Bertz CT molecular complexity index is 566. The van der Waals surface area contributed by atoms with Crippen LogP contribution in [0.25, 0.3) is 0 Å². The Morgan fingerprint density at radius 3 is 2.68 bits per heavy atom. The number of hydrogen-bond donors (Lipinski definition) is 1. The van der Waals surface area contributed by atoms with E-state index in [9.17, 15) is 0 Å². The number of nitrogens with two attached hydrogens (primary N) is 1. The topological polar surface area (TPSA) is 35.2 Å². The van der Waals surface area contributed by atoms with Crippen molar-refractivity contribution in [3.8, 4) is 5.75 Å². The third-order valence-electron chi connectivity index (χ3n) is 2.94. The van der Waals surface area contributed by atoms with E-state index in [2.05, 4.69) is 41.1 Å². The number of halogens is 1. The second-order valence-electron chi connectivity index (χ2n) is 4.75. The number of benzene rings is 2. The second kappa shape index (κ2) is 6.22. The Morgan fingerprint density at radius 1 is 1.21 bits per heavy atom. The zero-order valence-electron chi connectivity index (χ0n) is 11.2. The van der Waals surface area contributed by atoms with Crippen molar-refractivity contribution in [2.24, 2.45) is 5.73 Å². The van der Waals surface area contributed by atoms with Crippen LogP contribution >= 0.6 is 15.9 Å². The standard InChI is InChI=1S/C16H18BrNO/c1-11-4-3-5-13(8-11)10-19-16-7-6-14(17)9-15(16)12(2)18/h3-9,12H,10,18H2,1-2H3. The first-order valence-electron chi connectivity index (χ1n) is 6.29. The molecule has 2 aromatic carbocycles. The molecular formula is C16H18BrNO. The fourth-order valence-corrected chi connectivity index (χ4v) is 2.35. The van der Waals surface area contributed by atoms with Gasteiger partial charge in [-0.2, -0.15) is 0 Å². The number of rotatable bonds is 4. The molecule has 1 unspecified atom stereocenters.